The molecule has 2 aliphatic rings. The summed E-state index contributed by atoms with van der Waals surface area (Å²) in [5.74, 6) is -0.377. The van der Waals surface area contributed by atoms with Crippen molar-refractivity contribution in [1.29, 1.82) is 0 Å². The van der Waals surface area contributed by atoms with Crippen LogP contribution in [-0.4, -0.2) is 80.1 Å². The van der Waals surface area contributed by atoms with E-state index in [4.69, 9.17) is 19.2 Å². The molecule has 3 heterocycles. The van der Waals surface area contributed by atoms with Gasteiger partial charge in [-0.2, -0.15) is 0 Å². The summed E-state index contributed by atoms with van der Waals surface area (Å²) >= 11 is 4.86. The quantitative estimate of drug-likeness (QED) is 0.260. The Balaban J connectivity index is 1.70. The van der Waals surface area contributed by atoms with E-state index in [1.807, 2.05) is 5.38 Å². The molecule has 0 aliphatic carbocycles. The zero-order chi connectivity index (χ0) is 25.5. The van der Waals surface area contributed by atoms with Crippen LogP contribution in [0.25, 0.3) is 0 Å². The predicted molar refractivity (Wildman–Crippen MR) is 135 cm³/mol. The van der Waals surface area contributed by atoms with Gasteiger partial charge in [-0.25, -0.2) is 14.2 Å². The maximum atomic E-state index is 13.9. The minimum Gasteiger partial charge on any atom is -0.463 e. The Bertz CT molecular complexity index is 1140. The van der Waals surface area contributed by atoms with Crippen molar-refractivity contribution < 1.29 is 28.2 Å². The molecule has 36 heavy (non-hydrogen) atoms. The highest BCUT2D eigenvalue weighted by atomic mass is 79.9. The Kier molecular flexibility index (Phi) is 9.32. The Hall–Kier alpha value is -2.51. The number of aromatic nitrogens is 1. The monoisotopic (exact) mass is 580 g/mol. The molecule has 9 nitrogen and oxygen atoms in total. The van der Waals surface area contributed by atoms with Gasteiger partial charge in [0.15, 0.2) is 10.8 Å². The van der Waals surface area contributed by atoms with Crippen LogP contribution < -0.4 is 5.32 Å². The summed E-state index contributed by atoms with van der Waals surface area (Å²) in [5.41, 5.74) is 1.61. The van der Waals surface area contributed by atoms with Crippen molar-refractivity contribution in [1.82, 2.24) is 15.2 Å². The molecule has 2 aliphatic heterocycles. The van der Waals surface area contributed by atoms with E-state index in [1.54, 1.807) is 19.2 Å². The van der Waals surface area contributed by atoms with Gasteiger partial charge in [-0.15, -0.1) is 11.3 Å². The fraction of sp³-hybridized carbons (Fsp3) is 0.417. The standard InChI is InChI=1S/C24H26BrFN4O5S/c1-2-34-24(32)20-19(13-30-6-8-35-16(12-30)14-33-9-7-31)28-22(23-27-5-10-36-23)29-21(20)17-4-3-15(26)11-18(17)25/h3-5,7,10-11,16,21H,2,6,8-9,12-14H2,1H3,(H,28,29)/t16?,21-/m0/s1. The third kappa shape index (κ3) is 6.43. The lowest BCUT2D eigenvalue weighted by Gasteiger charge is -2.35. The van der Waals surface area contributed by atoms with Gasteiger partial charge in [0.2, 0.25) is 0 Å². The van der Waals surface area contributed by atoms with Gasteiger partial charge in [0, 0.05) is 41.4 Å². The van der Waals surface area contributed by atoms with Crippen molar-refractivity contribution >= 4 is 45.4 Å². The summed E-state index contributed by atoms with van der Waals surface area (Å²) in [6, 6.07) is 3.57. The zero-order valence-electron chi connectivity index (χ0n) is 19.6. The lowest BCUT2D eigenvalue weighted by molar-refractivity contribution is -0.139. The Morgan fingerprint density at radius 1 is 1.44 bits per heavy atom. The number of aliphatic imine (C=N–C) groups is 1. The van der Waals surface area contributed by atoms with Crippen molar-refractivity contribution in [2.75, 3.05) is 46.1 Å². The maximum Gasteiger partial charge on any atom is 0.338 e. The van der Waals surface area contributed by atoms with Crippen LogP contribution in [0.15, 0.2) is 50.5 Å². The minimum atomic E-state index is -0.734. The van der Waals surface area contributed by atoms with E-state index >= 15 is 0 Å². The number of hydrogen-bond acceptors (Lipinski definition) is 10. The first-order chi connectivity index (χ1) is 17.5. The van der Waals surface area contributed by atoms with Crippen molar-refractivity contribution in [2.45, 2.75) is 19.1 Å². The van der Waals surface area contributed by atoms with Crippen LogP contribution >= 0.6 is 27.3 Å². The van der Waals surface area contributed by atoms with Gasteiger partial charge in [0.1, 0.15) is 24.8 Å². The van der Waals surface area contributed by atoms with E-state index in [9.17, 15) is 14.0 Å². The van der Waals surface area contributed by atoms with Crippen LogP contribution in [0.4, 0.5) is 4.39 Å². The van der Waals surface area contributed by atoms with E-state index in [0.717, 1.165) is 0 Å². The first-order valence-electron chi connectivity index (χ1n) is 11.4. The van der Waals surface area contributed by atoms with Crippen LogP contribution in [-0.2, 0) is 23.8 Å². The van der Waals surface area contributed by atoms with Gasteiger partial charge in [-0.3, -0.25) is 9.89 Å². The molecule has 0 spiro atoms. The van der Waals surface area contributed by atoms with Crippen LogP contribution in [0.5, 0.6) is 0 Å². The molecule has 192 valence electrons. The first kappa shape index (κ1) is 26.6. The average Bonchev–Trinajstić information content (AvgIpc) is 3.39. The summed E-state index contributed by atoms with van der Waals surface area (Å²) in [7, 11) is 0. The number of thiazole rings is 1. The number of halogens is 2. The molecule has 2 atom stereocenters. The summed E-state index contributed by atoms with van der Waals surface area (Å²) in [6.07, 6.45) is 2.18. The van der Waals surface area contributed by atoms with Crippen LogP contribution in [0, 0.1) is 5.82 Å². The SMILES string of the molecule is CCOC(=O)C1=C(CN2CCOC(COCC=O)C2)NC(c2nccs2)=N[C@H]1c1ccc(F)cc1Br. The number of hydrogen-bond donors (Lipinski definition) is 1. The predicted octanol–water partition coefficient (Wildman–Crippen LogP) is 2.87. The number of nitrogens with one attached hydrogen (secondary N) is 1. The lowest BCUT2D eigenvalue weighted by Crippen LogP contribution is -2.47. The Morgan fingerprint density at radius 2 is 2.31 bits per heavy atom. The molecule has 0 bridgehead atoms. The maximum absolute atomic E-state index is 13.9. The largest absolute Gasteiger partial charge is 0.463 e. The van der Waals surface area contributed by atoms with Crippen molar-refractivity contribution in [3.8, 4) is 0 Å². The number of amidine groups is 1. The highest BCUT2D eigenvalue weighted by molar-refractivity contribution is 9.10. The third-order valence-electron chi connectivity index (χ3n) is 5.61. The highest BCUT2D eigenvalue weighted by Gasteiger charge is 2.35. The summed E-state index contributed by atoms with van der Waals surface area (Å²) in [6.45, 7) is 4.32. The molecule has 2 aromatic rings. The number of rotatable bonds is 10. The fourth-order valence-corrected chi connectivity index (χ4v) is 5.22. The third-order valence-corrected chi connectivity index (χ3v) is 7.07. The van der Waals surface area contributed by atoms with Gasteiger partial charge in [0.25, 0.3) is 0 Å². The van der Waals surface area contributed by atoms with Gasteiger partial charge < -0.3 is 24.3 Å². The van der Waals surface area contributed by atoms with Gasteiger partial charge >= 0.3 is 5.97 Å². The molecule has 0 radical (unpaired) electrons. The van der Waals surface area contributed by atoms with Gasteiger partial charge in [-0.05, 0) is 24.6 Å². The summed E-state index contributed by atoms with van der Waals surface area (Å²) in [5, 5.41) is 5.83. The molecule has 1 aromatic carbocycles. The topological polar surface area (TPSA) is 102 Å². The van der Waals surface area contributed by atoms with Crippen LogP contribution in [0.1, 0.15) is 23.5 Å². The van der Waals surface area contributed by atoms with Crippen molar-refractivity contribution in [3.63, 3.8) is 0 Å². The van der Waals surface area contributed by atoms with Crippen molar-refractivity contribution in [3.05, 3.63) is 61.9 Å². The second-order valence-corrected chi connectivity index (χ2v) is 9.80. The number of nitrogens with zero attached hydrogens (tertiary/aromatic N) is 3. The Morgan fingerprint density at radius 3 is 3.03 bits per heavy atom. The molecule has 1 aromatic heterocycles. The molecule has 1 fully saturated rings. The van der Waals surface area contributed by atoms with Crippen molar-refractivity contribution in [2.24, 2.45) is 4.99 Å². The molecule has 1 N–H and O–H groups in total. The molecule has 1 unspecified atom stereocenters. The van der Waals surface area contributed by atoms with Gasteiger partial charge in [-0.1, -0.05) is 22.0 Å². The van der Waals surface area contributed by atoms with E-state index in [-0.39, 0.29) is 19.3 Å². The molecular formula is C24H26BrFN4O5S. The van der Waals surface area contributed by atoms with E-state index in [0.29, 0.717) is 71.3 Å². The molecule has 0 saturated carbocycles. The van der Waals surface area contributed by atoms with E-state index in [1.165, 1.54) is 23.5 Å². The first-order valence-corrected chi connectivity index (χ1v) is 13.1. The molecule has 0 amide bonds. The number of benzene rings is 1. The molecular weight excluding hydrogens is 555 g/mol. The second kappa shape index (κ2) is 12.6. The number of aldehydes is 1. The molecule has 12 heteroatoms. The fourth-order valence-electron chi connectivity index (χ4n) is 4.06. The number of carbonyl (C=O) groups is 2. The summed E-state index contributed by atoms with van der Waals surface area (Å²) < 4.78 is 30.9. The summed E-state index contributed by atoms with van der Waals surface area (Å²) in [4.78, 5) is 35.2. The lowest BCUT2D eigenvalue weighted by atomic mass is 9.95. The number of carbonyl (C=O) groups excluding carboxylic acids is 2. The van der Waals surface area contributed by atoms with Crippen LogP contribution in [0.3, 0.4) is 0 Å². The van der Waals surface area contributed by atoms with E-state index < -0.39 is 17.8 Å². The smallest absolute Gasteiger partial charge is 0.338 e. The van der Waals surface area contributed by atoms with Gasteiger partial charge in [0.05, 0.1) is 31.5 Å². The molecule has 4 rings (SSSR count). The Labute approximate surface area is 220 Å². The average molecular weight is 581 g/mol. The zero-order valence-corrected chi connectivity index (χ0v) is 22.0. The van der Waals surface area contributed by atoms with E-state index in [2.05, 4.69) is 31.1 Å². The highest BCUT2D eigenvalue weighted by Crippen LogP contribution is 2.37. The normalized spacial score (nSPS) is 20.6. The number of morpholine rings is 1. The minimum absolute atomic E-state index is 0.0153. The number of ether oxygens (including phenoxy) is 3. The molecule has 1 saturated heterocycles. The van der Waals surface area contributed by atoms with Crippen LogP contribution in [0.2, 0.25) is 0 Å². The number of esters is 1. The second-order valence-electron chi connectivity index (χ2n) is 8.05.